The smallest absolute Gasteiger partial charge is 0.228 e. The predicted molar refractivity (Wildman–Crippen MR) is 77.7 cm³/mol. The lowest BCUT2D eigenvalue weighted by Crippen LogP contribution is -2.31. The Kier molecular flexibility index (Phi) is 5.60. The molecule has 1 N–H and O–H groups in total. The normalized spacial score (nSPS) is 13.5. The molecule has 12 heteroatoms. The summed E-state index contributed by atoms with van der Waals surface area (Å²) in [6, 6.07) is 2.85. The zero-order valence-corrected chi connectivity index (χ0v) is 14.3. The van der Waals surface area contributed by atoms with Gasteiger partial charge in [-0.05, 0) is 18.6 Å². The number of rotatable bonds is 7. The molecule has 0 fully saturated rings. The lowest BCUT2D eigenvalue weighted by Gasteiger charge is -2.04. The molecule has 1 aromatic rings. The second-order valence-corrected chi connectivity index (χ2v) is 12.2. The Labute approximate surface area is 126 Å². The van der Waals surface area contributed by atoms with Crippen LogP contribution >= 0.6 is 22.0 Å². The number of nitrogens with one attached hydrogen (secondary N) is 1. The highest BCUT2D eigenvalue weighted by Gasteiger charge is 2.18. The fourth-order valence-electron chi connectivity index (χ4n) is 1.28. The Balaban J connectivity index is 2.60. The molecule has 0 aromatic carbocycles. The van der Waals surface area contributed by atoms with Crippen molar-refractivity contribution >= 4 is 50.9 Å². The molecule has 0 unspecified atom stereocenters. The zero-order chi connectivity index (χ0) is 15.6. The van der Waals surface area contributed by atoms with Gasteiger partial charge >= 0.3 is 0 Å². The van der Waals surface area contributed by atoms with Gasteiger partial charge in [-0.15, -0.1) is 11.3 Å². The molecular weight excluding hydrogens is 370 g/mol. The molecule has 0 spiro atoms. The summed E-state index contributed by atoms with van der Waals surface area (Å²) in [7, 11) is -6.18. The zero-order valence-electron chi connectivity index (χ0n) is 10.2. The van der Waals surface area contributed by atoms with Gasteiger partial charge in [0.15, 0.2) is 14.9 Å². The van der Waals surface area contributed by atoms with E-state index < -0.39 is 34.0 Å². The molecule has 7 nitrogen and oxygen atoms in total. The number of sulfonamides is 1. The first-order valence-corrected chi connectivity index (χ1v) is 11.9. The van der Waals surface area contributed by atoms with Crippen LogP contribution in [0.5, 0.6) is 0 Å². The minimum absolute atomic E-state index is 0.0202. The molecule has 0 amide bonds. The molecule has 0 aliphatic carbocycles. The standard InChI is InChI=1S/C8H12ClNO6S4/c1-18(11,12)6-19(13,14)10-5-4-7-2-3-8(17-7)20(9,15)16/h2-3,10H,4-6H2,1H3. The second kappa shape index (κ2) is 6.28. The van der Waals surface area contributed by atoms with Crippen LogP contribution in [0.25, 0.3) is 0 Å². The predicted octanol–water partition coefficient (Wildman–Crippen LogP) is 0.140. The topological polar surface area (TPSA) is 114 Å². The van der Waals surface area contributed by atoms with E-state index in [-0.39, 0.29) is 17.2 Å². The maximum atomic E-state index is 11.4. The van der Waals surface area contributed by atoms with Crippen molar-refractivity contribution in [3.8, 4) is 0 Å². The van der Waals surface area contributed by atoms with Gasteiger partial charge in [-0.25, -0.2) is 30.0 Å². The summed E-state index contributed by atoms with van der Waals surface area (Å²) in [5.74, 6) is 0. The lowest BCUT2D eigenvalue weighted by molar-refractivity contribution is 0.581. The Morgan fingerprint density at radius 1 is 1.15 bits per heavy atom. The summed E-state index contributed by atoms with van der Waals surface area (Å²) in [6.07, 6.45) is 1.06. The summed E-state index contributed by atoms with van der Waals surface area (Å²) >= 11 is 0.931. The number of hydrogen-bond donors (Lipinski definition) is 1. The van der Waals surface area contributed by atoms with Gasteiger partial charge in [0, 0.05) is 28.4 Å². The van der Waals surface area contributed by atoms with E-state index in [1.165, 1.54) is 12.1 Å². The summed E-state index contributed by atoms with van der Waals surface area (Å²) < 4.78 is 68.8. The van der Waals surface area contributed by atoms with Crippen LogP contribution in [0.15, 0.2) is 16.3 Å². The third-order valence-electron chi connectivity index (χ3n) is 1.94. The number of sulfone groups is 1. The molecular formula is C8H12ClNO6S4. The van der Waals surface area contributed by atoms with Crippen LogP contribution < -0.4 is 4.72 Å². The van der Waals surface area contributed by atoms with Crippen molar-refractivity contribution in [2.75, 3.05) is 17.9 Å². The molecule has 0 atom stereocenters. The number of halogens is 1. The van der Waals surface area contributed by atoms with Gasteiger partial charge in [0.1, 0.15) is 4.21 Å². The molecule has 0 saturated carbocycles. The molecule has 0 radical (unpaired) electrons. The van der Waals surface area contributed by atoms with Crippen LogP contribution in [0.4, 0.5) is 0 Å². The first-order valence-electron chi connectivity index (χ1n) is 5.07. The molecule has 0 aliphatic heterocycles. The van der Waals surface area contributed by atoms with Crippen LogP contribution in [0, 0.1) is 0 Å². The van der Waals surface area contributed by atoms with Crippen molar-refractivity contribution in [3.05, 3.63) is 17.0 Å². The van der Waals surface area contributed by atoms with Crippen molar-refractivity contribution in [3.63, 3.8) is 0 Å². The number of thiophene rings is 1. The van der Waals surface area contributed by atoms with E-state index in [1.807, 2.05) is 0 Å². The van der Waals surface area contributed by atoms with E-state index in [4.69, 9.17) is 10.7 Å². The van der Waals surface area contributed by atoms with Gasteiger partial charge in [0.05, 0.1) is 0 Å². The summed E-state index contributed by atoms with van der Waals surface area (Å²) in [6.45, 7) is -0.0276. The van der Waals surface area contributed by atoms with E-state index in [1.54, 1.807) is 0 Å². The molecule has 20 heavy (non-hydrogen) atoms. The van der Waals surface area contributed by atoms with Crippen molar-refractivity contribution in [1.29, 1.82) is 0 Å². The highest BCUT2D eigenvalue weighted by Crippen LogP contribution is 2.24. The van der Waals surface area contributed by atoms with E-state index >= 15 is 0 Å². The minimum Gasteiger partial charge on any atom is -0.228 e. The minimum atomic E-state index is -3.91. The van der Waals surface area contributed by atoms with Gasteiger partial charge in [-0.1, -0.05) is 0 Å². The first kappa shape index (κ1) is 17.9. The molecule has 1 aromatic heterocycles. The van der Waals surface area contributed by atoms with Crippen LogP contribution in [-0.4, -0.2) is 43.1 Å². The van der Waals surface area contributed by atoms with E-state index in [0.717, 1.165) is 17.6 Å². The van der Waals surface area contributed by atoms with Gasteiger partial charge in [0.25, 0.3) is 9.05 Å². The van der Waals surface area contributed by atoms with E-state index in [0.29, 0.717) is 4.88 Å². The van der Waals surface area contributed by atoms with Gasteiger partial charge < -0.3 is 0 Å². The van der Waals surface area contributed by atoms with Crippen LogP contribution in [-0.2, 0) is 35.3 Å². The maximum absolute atomic E-state index is 11.4. The SMILES string of the molecule is CS(=O)(=O)CS(=O)(=O)NCCc1ccc(S(=O)(=O)Cl)s1. The Hall–Kier alpha value is -0.200. The van der Waals surface area contributed by atoms with Crippen LogP contribution in [0.3, 0.4) is 0 Å². The van der Waals surface area contributed by atoms with Gasteiger partial charge in [0.2, 0.25) is 10.0 Å². The van der Waals surface area contributed by atoms with E-state index in [2.05, 4.69) is 4.72 Å². The van der Waals surface area contributed by atoms with Gasteiger partial charge in [-0.3, -0.25) is 0 Å². The highest BCUT2D eigenvalue weighted by atomic mass is 35.7. The molecule has 116 valence electrons. The molecule has 0 aliphatic rings. The van der Waals surface area contributed by atoms with Crippen LogP contribution in [0.2, 0.25) is 0 Å². The number of hydrogen-bond acceptors (Lipinski definition) is 7. The summed E-state index contributed by atoms with van der Waals surface area (Å²) in [5, 5.41) is -0.980. The molecule has 0 bridgehead atoms. The average molecular weight is 382 g/mol. The molecule has 1 rings (SSSR count). The van der Waals surface area contributed by atoms with Gasteiger partial charge in [-0.2, -0.15) is 0 Å². The first-order chi connectivity index (χ1) is 8.89. The quantitative estimate of drug-likeness (QED) is 0.672. The fourth-order valence-corrected chi connectivity index (χ4v) is 6.40. The lowest BCUT2D eigenvalue weighted by atomic mass is 10.3. The molecule has 0 saturated heterocycles. The largest absolute Gasteiger partial charge is 0.270 e. The Bertz CT molecular complexity index is 777. The van der Waals surface area contributed by atoms with E-state index in [9.17, 15) is 25.3 Å². The van der Waals surface area contributed by atoms with Crippen molar-refractivity contribution in [2.45, 2.75) is 10.6 Å². The molecule has 1 heterocycles. The van der Waals surface area contributed by atoms with Crippen molar-refractivity contribution in [2.24, 2.45) is 0 Å². The third-order valence-corrected chi connectivity index (χ3v) is 8.78. The highest BCUT2D eigenvalue weighted by molar-refractivity contribution is 8.15. The van der Waals surface area contributed by atoms with Crippen molar-refractivity contribution < 1.29 is 25.3 Å². The van der Waals surface area contributed by atoms with Crippen LogP contribution in [0.1, 0.15) is 4.88 Å². The fraction of sp³-hybridized carbons (Fsp3) is 0.500. The third kappa shape index (κ3) is 6.50. The summed E-state index contributed by atoms with van der Waals surface area (Å²) in [5.41, 5.74) is 0. The monoisotopic (exact) mass is 381 g/mol. The Morgan fingerprint density at radius 2 is 1.75 bits per heavy atom. The maximum Gasteiger partial charge on any atom is 0.270 e. The second-order valence-electron chi connectivity index (χ2n) is 3.96. The van der Waals surface area contributed by atoms with Crippen molar-refractivity contribution in [1.82, 2.24) is 4.72 Å². The summed E-state index contributed by atoms with van der Waals surface area (Å²) in [4.78, 5) is 0.617. The Morgan fingerprint density at radius 3 is 2.20 bits per heavy atom. The average Bonchev–Trinajstić information content (AvgIpc) is 2.60.